The van der Waals surface area contributed by atoms with Crippen LogP contribution in [-0.4, -0.2) is 31.1 Å². The summed E-state index contributed by atoms with van der Waals surface area (Å²) in [4.78, 5) is 7.57. The molecule has 0 aliphatic rings. The fraction of sp³-hybridized carbons (Fsp3) is 0.312. The Morgan fingerprint density at radius 2 is 2.05 bits per heavy atom. The number of hydrogen-bond donors (Lipinski definition) is 3. The van der Waals surface area contributed by atoms with Crippen LogP contribution in [0.2, 0.25) is 0 Å². The molecule has 0 aliphatic carbocycles. The number of aromatic amines is 1. The zero-order valence-electron chi connectivity index (χ0n) is 12.9. The first-order chi connectivity index (χ1) is 10.1. The van der Waals surface area contributed by atoms with Crippen molar-refractivity contribution in [3.63, 3.8) is 0 Å². The molecule has 0 bridgehead atoms. The third-order valence-electron chi connectivity index (χ3n) is 3.37. The zero-order valence-corrected chi connectivity index (χ0v) is 16.0. The molecule has 1 heterocycles. The number of aliphatic imine (C=N–C) groups is 1. The van der Waals surface area contributed by atoms with Crippen LogP contribution in [0.25, 0.3) is 10.9 Å². The first kappa shape index (κ1) is 18.8. The fourth-order valence-corrected chi connectivity index (χ4v) is 2.43. The molecule has 0 saturated carbocycles. The zero-order chi connectivity index (χ0) is 15.2. The Labute approximate surface area is 153 Å². The Balaban J connectivity index is 0.00000242. The maximum Gasteiger partial charge on any atom is 0.191 e. The normalized spacial score (nSPS) is 11.1. The summed E-state index contributed by atoms with van der Waals surface area (Å²) < 4.78 is 0. The van der Waals surface area contributed by atoms with E-state index < -0.39 is 0 Å². The number of guanidine groups is 1. The molecule has 0 amide bonds. The lowest BCUT2D eigenvalue weighted by molar-refractivity contribution is 0.819. The fourth-order valence-electron chi connectivity index (χ4n) is 2.36. The Bertz CT molecular complexity index is 663. The molecule has 0 spiro atoms. The highest BCUT2D eigenvalue weighted by Crippen LogP contribution is 2.21. The van der Waals surface area contributed by atoms with Crippen LogP contribution < -0.4 is 10.6 Å². The second-order valence-corrected chi connectivity index (χ2v) is 5.43. The summed E-state index contributed by atoms with van der Waals surface area (Å²) in [7, 11) is 1.74. The summed E-state index contributed by atoms with van der Waals surface area (Å²) in [6.45, 7) is 7.07. The molecule has 0 saturated heterocycles. The second kappa shape index (κ2) is 9.05. The highest BCUT2D eigenvalue weighted by Gasteiger charge is 2.07. The molecular weight excluding hydrogens is 411 g/mol. The van der Waals surface area contributed by atoms with Crippen LogP contribution in [0.3, 0.4) is 0 Å². The van der Waals surface area contributed by atoms with E-state index in [1.807, 2.05) is 6.07 Å². The van der Waals surface area contributed by atoms with Gasteiger partial charge in [-0.1, -0.05) is 36.4 Å². The third-order valence-corrected chi connectivity index (χ3v) is 3.50. The number of hydrogen-bond acceptors (Lipinski definition) is 1. The quantitative estimate of drug-likeness (QED) is 0.384. The lowest BCUT2D eigenvalue weighted by atomic mass is 10.1. The van der Waals surface area contributed by atoms with Crippen LogP contribution in [-0.2, 0) is 6.42 Å². The molecular formula is C16H22ClIN4. The van der Waals surface area contributed by atoms with Gasteiger partial charge in [-0.15, -0.1) is 24.0 Å². The molecule has 0 aliphatic heterocycles. The molecule has 2 aromatic rings. The van der Waals surface area contributed by atoms with Crippen molar-refractivity contribution in [3.05, 3.63) is 47.1 Å². The van der Waals surface area contributed by atoms with E-state index in [0.717, 1.165) is 18.9 Å². The largest absolute Gasteiger partial charge is 0.358 e. The van der Waals surface area contributed by atoms with Gasteiger partial charge >= 0.3 is 0 Å². The molecule has 0 fully saturated rings. The van der Waals surface area contributed by atoms with Crippen molar-refractivity contribution in [2.24, 2.45) is 4.99 Å². The Hall–Kier alpha value is -1.21. The molecule has 2 rings (SSSR count). The van der Waals surface area contributed by atoms with Crippen LogP contribution in [0.4, 0.5) is 0 Å². The Morgan fingerprint density at radius 1 is 1.32 bits per heavy atom. The molecule has 3 N–H and O–H groups in total. The average Bonchev–Trinajstić information content (AvgIpc) is 2.78. The van der Waals surface area contributed by atoms with E-state index >= 15 is 0 Å². The van der Waals surface area contributed by atoms with Crippen molar-refractivity contribution in [1.82, 2.24) is 15.6 Å². The molecule has 0 radical (unpaired) electrons. The average molecular weight is 433 g/mol. The van der Waals surface area contributed by atoms with Gasteiger partial charge in [0.1, 0.15) is 0 Å². The Kier molecular flexibility index (Phi) is 7.75. The monoisotopic (exact) mass is 432 g/mol. The van der Waals surface area contributed by atoms with E-state index in [9.17, 15) is 0 Å². The summed E-state index contributed by atoms with van der Waals surface area (Å²) >= 11 is 5.74. The number of H-pyrrole nitrogens is 1. The highest BCUT2D eigenvalue weighted by molar-refractivity contribution is 14.0. The molecule has 1 aromatic carbocycles. The van der Waals surface area contributed by atoms with E-state index in [1.165, 1.54) is 22.2 Å². The summed E-state index contributed by atoms with van der Waals surface area (Å²) in [5, 5.41) is 8.23. The molecule has 22 heavy (non-hydrogen) atoms. The number of para-hydroxylation sites is 1. The minimum absolute atomic E-state index is 0. The van der Waals surface area contributed by atoms with Crippen LogP contribution in [0.1, 0.15) is 11.3 Å². The molecule has 120 valence electrons. The summed E-state index contributed by atoms with van der Waals surface area (Å²) in [5.74, 6) is 0.731. The molecule has 4 nitrogen and oxygen atoms in total. The smallest absolute Gasteiger partial charge is 0.191 e. The number of rotatable bonds is 5. The van der Waals surface area contributed by atoms with Gasteiger partial charge in [-0.25, -0.2) is 0 Å². The number of halogens is 2. The first-order valence-corrected chi connectivity index (χ1v) is 7.33. The number of aryl methyl sites for hydroxylation is 1. The Morgan fingerprint density at radius 3 is 2.73 bits per heavy atom. The van der Waals surface area contributed by atoms with Crippen molar-refractivity contribution in [2.45, 2.75) is 13.3 Å². The van der Waals surface area contributed by atoms with Gasteiger partial charge in [0.2, 0.25) is 0 Å². The molecule has 6 heteroatoms. The van der Waals surface area contributed by atoms with Gasteiger partial charge in [0, 0.05) is 35.2 Å². The van der Waals surface area contributed by atoms with E-state index in [-0.39, 0.29) is 24.0 Å². The van der Waals surface area contributed by atoms with Gasteiger partial charge in [0.05, 0.1) is 6.54 Å². The molecule has 0 atom stereocenters. The van der Waals surface area contributed by atoms with Gasteiger partial charge in [-0.05, 0) is 25.0 Å². The molecule has 0 unspecified atom stereocenters. The lowest BCUT2D eigenvalue weighted by Gasteiger charge is -2.11. The predicted octanol–water partition coefficient (Wildman–Crippen LogP) is 3.55. The lowest BCUT2D eigenvalue weighted by Crippen LogP contribution is -2.38. The minimum atomic E-state index is 0. The van der Waals surface area contributed by atoms with Crippen molar-refractivity contribution < 1.29 is 0 Å². The van der Waals surface area contributed by atoms with Crippen molar-refractivity contribution in [3.8, 4) is 0 Å². The number of nitrogens with zero attached hydrogens (tertiary/aromatic N) is 1. The van der Waals surface area contributed by atoms with Crippen LogP contribution >= 0.6 is 35.6 Å². The maximum absolute atomic E-state index is 5.74. The van der Waals surface area contributed by atoms with Gasteiger partial charge in [0.25, 0.3) is 0 Å². The number of nitrogens with one attached hydrogen (secondary N) is 3. The standard InChI is InChI=1S/C16H21ClN4.HI/c1-11(17)10-20-16(18-3)19-9-8-13-12(2)21-15-7-5-4-6-14(13)15;/h4-7,21H,1,8-10H2,2-3H3,(H2,18,19,20);1H. The van der Waals surface area contributed by atoms with Crippen LogP contribution in [0.5, 0.6) is 0 Å². The van der Waals surface area contributed by atoms with Gasteiger partial charge in [-0.2, -0.15) is 0 Å². The van der Waals surface area contributed by atoms with Gasteiger partial charge in [0.15, 0.2) is 5.96 Å². The summed E-state index contributed by atoms with van der Waals surface area (Å²) in [6, 6.07) is 8.37. The maximum atomic E-state index is 5.74. The predicted molar refractivity (Wildman–Crippen MR) is 107 cm³/mol. The van der Waals surface area contributed by atoms with E-state index in [0.29, 0.717) is 11.6 Å². The second-order valence-electron chi connectivity index (χ2n) is 4.89. The van der Waals surface area contributed by atoms with Gasteiger partial charge in [-0.3, -0.25) is 4.99 Å². The third kappa shape index (κ3) is 4.91. The highest BCUT2D eigenvalue weighted by atomic mass is 127. The van der Waals surface area contributed by atoms with E-state index in [1.54, 1.807) is 7.05 Å². The van der Waals surface area contributed by atoms with Crippen LogP contribution in [0, 0.1) is 6.92 Å². The van der Waals surface area contributed by atoms with Crippen molar-refractivity contribution >= 4 is 52.4 Å². The first-order valence-electron chi connectivity index (χ1n) is 6.95. The van der Waals surface area contributed by atoms with E-state index in [4.69, 9.17) is 11.6 Å². The van der Waals surface area contributed by atoms with E-state index in [2.05, 4.69) is 52.3 Å². The van der Waals surface area contributed by atoms with Crippen LogP contribution in [0.15, 0.2) is 40.9 Å². The van der Waals surface area contributed by atoms with Gasteiger partial charge < -0.3 is 15.6 Å². The molecule has 1 aromatic heterocycles. The van der Waals surface area contributed by atoms with Crippen molar-refractivity contribution in [2.75, 3.05) is 20.1 Å². The SMILES string of the molecule is C=C(Cl)CNC(=NC)NCCc1c(C)[nH]c2ccccc12.I. The number of aromatic nitrogens is 1. The summed E-state index contributed by atoms with van der Waals surface area (Å²) in [5.41, 5.74) is 3.75. The number of fused-ring (bicyclic) bond motifs is 1. The number of benzene rings is 1. The van der Waals surface area contributed by atoms with Crippen molar-refractivity contribution in [1.29, 1.82) is 0 Å². The minimum Gasteiger partial charge on any atom is -0.358 e. The summed E-state index contributed by atoms with van der Waals surface area (Å²) in [6.07, 6.45) is 0.929. The topological polar surface area (TPSA) is 52.2 Å².